The van der Waals surface area contributed by atoms with Crippen LogP contribution in [0.3, 0.4) is 0 Å². The molecule has 1 aromatic heterocycles. The third kappa shape index (κ3) is 4.53. The Morgan fingerprint density at radius 1 is 1.09 bits per heavy atom. The Kier molecular flexibility index (Phi) is 6.17. The number of pyridine rings is 1. The summed E-state index contributed by atoms with van der Waals surface area (Å²) in [6.07, 6.45) is 9.15. The second kappa shape index (κ2) is 9.39. The average Bonchev–Trinajstić information content (AvgIpc) is 3.17. The summed E-state index contributed by atoms with van der Waals surface area (Å²) in [5, 5.41) is 6.59. The minimum atomic E-state index is -0.505. The van der Waals surface area contributed by atoms with Crippen LogP contribution in [0.4, 0.5) is 11.4 Å². The number of rotatable bonds is 3. The van der Waals surface area contributed by atoms with Gasteiger partial charge in [0.05, 0.1) is 24.6 Å². The standard InChI is InChI=1S/C25H33N7O/c26-19-8-10-20(11-9-19)29-24(30-21-5-4-14-27-17-21)31-15-12-25(13-16-31)23(33)28-18-32(25)22-6-2-1-3-7-22/h1-7,14,17,19-20H,8-13,15-16,18,26H2,(H,28,33)(H,29,30). The zero-order valence-electron chi connectivity index (χ0n) is 19.0. The van der Waals surface area contributed by atoms with Gasteiger partial charge in [-0.1, -0.05) is 18.2 Å². The molecule has 2 aromatic rings. The lowest BCUT2D eigenvalue weighted by atomic mass is 9.85. The van der Waals surface area contributed by atoms with Crippen LogP contribution in [0.15, 0.2) is 59.9 Å². The Balaban J connectivity index is 1.35. The molecule has 1 amide bonds. The van der Waals surface area contributed by atoms with Gasteiger partial charge in [-0.05, 0) is 62.8 Å². The summed E-state index contributed by atoms with van der Waals surface area (Å²) in [6.45, 7) is 2.07. The smallest absolute Gasteiger partial charge is 0.247 e. The van der Waals surface area contributed by atoms with Crippen LogP contribution < -0.4 is 21.3 Å². The molecule has 0 bridgehead atoms. The molecule has 1 aliphatic carbocycles. The molecule has 1 spiro atoms. The largest absolute Gasteiger partial charge is 0.342 e. The Bertz CT molecular complexity index is 965. The molecule has 3 fully saturated rings. The van der Waals surface area contributed by atoms with E-state index in [9.17, 15) is 4.79 Å². The number of nitrogens with two attached hydrogens (primary N) is 1. The summed E-state index contributed by atoms with van der Waals surface area (Å²) in [7, 11) is 0. The lowest BCUT2D eigenvalue weighted by molar-refractivity contribution is -0.124. The number of nitrogens with zero attached hydrogens (tertiary/aromatic N) is 4. The highest BCUT2D eigenvalue weighted by Crippen LogP contribution is 2.36. The highest BCUT2D eigenvalue weighted by molar-refractivity contribution is 5.96. The molecule has 0 radical (unpaired) electrons. The maximum absolute atomic E-state index is 13.0. The Morgan fingerprint density at radius 2 is 1.85 bits per heavy atom. The maximum Gasteiger partial charge on any atom is 0.247 e. The number of piperidine rings is 1. The highest BCUT2D eigenvalue weighted by atomic mass is 16.2. The van der Waals surface area contributed by atoms with Crippen molar-refractivity contribution in [3.05, 3.63) is 54.9 Å². The predicted octanol–water partition coefficient (Wildman–Crippen LogP) is 2.55. The minimum Gasteiger partial charge on any atom is -0.342 e. The van der Waals surface area contributed by atoms with Crippen molar-refractivity contribution in [3.8, 4) is 0 Å². The number of aliphatic imine (C=N–C) groups is 1. The van der Waals surface area contributed by atoms with E-state index in [0.717, 1.165) is 68.9 Å². The predicted molar refractivity (Wildman–Crippen MR) is 131 cm³/mol. The first kappa shape index (κ1) is 21.7. The number of guanidine groups is 1. The van der Waals surface area contributed by atoms with Crippen molar-refractivity contribution in [2.24, 2.45) is 10.7 Å². The summed E-state index contributed by atoms with van der Waals surface area (Å²) >= 11 is 0. The number of aromatic nitrogens is 1. The van der Waals surface area contributed by atoms with Crippen LogP contribution in [0.1, 0.15) is 38.5 Å². The van der Waals surface area contributed by atoms with Gasteiger partial charge in [0.15, 0.2) is 5.96 Å². The van der Waals surface area contributed by atoms with E-state index in [2.05, 4.69) is 37.6 Å². The number of hydrogen-bond donors (Lipinski definition) is 3. The van der Waals surface area contributed by atoms with Crippen LogP contribution in [0.5, 0.6) is 0 Å². The third-order valence-corrected chi connectivity index (χ3v) is 7.26. The second-order valence-electron chi connectivity index (χ2n) is 9.33. The minimum absolute atomic E-state index is 0.131. The van der Waals surface area contributed by atoms with E-state index in [1.54, 1.807) is 6.20 Å². The van der Waals surface area contributed by atoms with Crippen molar-refractivity contribution in [1.29, 1.82) is 0 Å². The van der Waals surface area contributed by atoms with Crippen molar-refractivity contribution in [1.82, 2.24) is 15.2 Å². The van der Waals surface area contributed by atoms with Gasteiger partial charge in [0, 0.05) is 31.0 Å². The molecule has 2 aliphatic heterocycles. The number of benzene rings is 1. The third-order valence-electron chi connectivity index (χ3n) is 7.26. The molecule has 4 N–H and O–H groups in total. The van der Waals surface area contributed by atoms with Gasteiger partial charge in [0.25, 0.3) is 0 Å². The van der Waals surface area contributed by atoms with Crippen LogP contribution in [0.2, 0.25) is 0 Å². The van der Waals surface area contributed by atoms with E-state index >= 15 is 0 Å². The number of likely N-dealkylation sites (tertiary alicyclic amines) is 1. The molecule has 0 unspecified atom stereocenters. The van der Waals surface area contributed by atoms with E-state index in [0.29, 0.717) is 12.7 Å². The van der Waals surface area contributed by atoms with Gasteiger partial charge < -0.3 is 26.2 Å². The molecule has 174 valence electrons. The molecule has 0 atom stereocenters. The van der Waals surface area contributed by atoms with Crippen molar-refractivity contribution < 1.29 is 4.79 Å². The van der Waals surface area contributed by atoms with Crippen molar-refractivity contribution >= 4 is 23.2 Å². The molecule has 33 heavy (non-hydrogen) atoms. The quantitative estimate of drug-likeness (QED) is 0.494. The number of anilines is 2. The zero-order chi connectivity index (χ0) is 22.7. The number of para-hydroxylation sites is 1. The molecular formula is C25H33N7O. The van der Waals surface area contributed by atoms with Crippen LogP contribution in [0, 0.1) is 0 Å². The van der Waals surface area contributed by atoms with E-state index in [-0.39, 0.29) is 11.9 Å². The Labute approximate surface area is 195 Å². The molecule has 3 aliphatic rings. The first-order valence-electron chi connectivity index (χ1n) is 12.0. The number of hydrogen-bond acceptors (Lipinski definition) is 5. The molecule has 3 heterocycles. The molecule has 1 aromatic carbocycles. The average molecular weight is 448 g/mol. The number of carbonyl (C=O) groups is 1. The Hall–Kier alpha value is -3.13. The summed E-state index contributed by atoms with van der Waals surface area (Å²) in [5.41, 5.74) is 7.62. The SMILES string of the molecule is NC1CCC(N=C(Nc2cccnc2)N2CCC3(CC2)C(=O)NCN3c2ccccc2)CC1. The number of carbonyl (C=O) groups excluding carboxylic acids is 1. The van der Waals surface area contributed by atoms with E-state index in [1.807, 2.05) is 36.5 Å². The van der Waals surface area contributed by atoms with Gasteiger partial charge in [-0.3, -0.25) is 9.78 Å². The van der Waals surface area contributed by atoms with Crippen molar-refractivity contribution in [3.63, 3.8) is 0 Å². The maximum atomic E-state index is 13.0. The molecule has 8 nitrogen and oxygen atoms in total. The molecule has 1 saturated carbocycles. The fourth-order valence-electron chi connectivity index (χ4n) is 5.28. The van der Waals surface area contributed by atoms with Crippen LogP contribution in [0.25, 0.3) is 0 Å². The van der Waals surface area contributed by atoms with Gasteiger partial charge in [0.2, 0.25) is 5.91 Å². The summed E-state index contributed by atoms with van der Waals surface area (Å²) in [4.78, 5) is 26.9. The van der Waals surface area contributed by atoms with Gasteiger partial charge in [0.1, 0.15) is 5.54 Å². The molecular weight excluding hydrogens is 414 g/mol. The Morgan fingerprint density at radius 3 is 2.55 bits per heavy atom. The van der Waals surface area contributed by atoms with Crippen LogP contribution in [-0.4, -0.2) is 59.1 Å². The van der Waals surface area contributed by atoms with Crippen LogP contribution >= 0.6 is 0 Å². The highest BCUT2D eigenvalue weighted by Gasteiger charge is 2.50. The molecule has 2 saturated heterocycles. The summed E-state index contributed by atoms with van der Waals surface area (Å²) in [6, 6.07) is 14.7. The van der Waals surface area contributed by atoms with Crippen molar-refractivity contribution in [2.75, 3.05) is 30.0 Å². The van der Waals surface area contributed by atoms with Gasteiger partial charge in [-0.25, -0.2) is 4.99 Å². The summed E-state index contributed by atoms with van der Waals surface area (Å²) < 4.78 is 0. The first-order chi connectivity index (χ1) is 16.1. The van der Waals surface area contributed by atoms with Gasteiger partial charge in [-0.2, -0.15) is 0 Å². The lowest BCUT2D eigenvalue weighted by Gasteiger charge is -2.44. The van der Waals surface area contributed by atoms with E-state index in [1.165, 1.54) is 0 Å². The van der Waals surface area contributed by atoms with E-state index < -0.39 is 5.54 Å². The van der Waals surface area contributed by atoms with Gasteiger partial charge >= 0.3 is 0 Å². The number of amides is 1. The fraction of sp³-hybridized carbons (Fsp3) is 0.480. The molecule has 8 heteroatoms. The van der Waals surface area contributed by atoms with Crippen LogP contribution in [-0.2, 0) is 4.79 Å². The normalized spacial score (nSPS) is 25.2. The lowest BCUT2D eigenvalue weighted by Crippen LogP contribution is -2.58. The zero-order valence-corrected chi connectivity index (χ0v) is 19.0. The van der Waals surface area contributed by atoms with E-state index in [4.69, 9.17) is 10.7 Å². The summed E-state index contributed by atoms with van der Waals surface area (Å²) in [5.74, 6) is 1.01. The molecule has 5 rings (SSSR count). The van der Waals surface area contributed by atoms with Crippen molar-refractivity contribution in [2.45, 2.75) is 56.1 Å². The monoisotopic (exact) mass is 447 g/mol. The number of nitrogens with one attached hydrogen (secondary N) is 2. The second-order valence-corrected chi connectivity index (χ2v) is 9.33. The van der Waals surface area contributed by atoms with Gasteiger partial charge in [-0.15, -0.1) is 0 Å². The topological polar surface area (TPSA) is 98.9 Å². The first-order valence-corrected chi connectivity index (χ1v) is 12.0. The fourth-order valence-corrected chi connectivity index (χ4v) is 5.28.